The average Bonchev–Trinajstić information content (AvgIpc) is 3.30. The normalized spacial score (nSPS) is 19.9. The van der Waals surface area contributed by atoms with Crippen molar-refractivity contribution < 1.29 is 9.47 Å². The molecular formula is C67H86O2. The maximum absolute atomic E-state index is 6.37. The number of ether oxygens (including phenoxy) is 2. The molecule has 6 unspecified atom stereocenters. The summed E-state index contributed by atoms with van der Waals surface area (Å²) in [6.07, 6.45) is 10.1. The first-order valence-electron chi connectivity index (χ1n) is 26.2. The molecule has 2 saturated carbocycles. The summed E-state index contributed by atoms with van der Waals surface area (Å²) in [7, 11) is 0. The lowest BCUT2D eigenvalue weighted by molar-refractivity contribution is -0.0731. The van der Waals surface area contributed by atoms with Gasteiger partial charge in [-0.15, -0.1) is 0 Å². The molecule has 0 heterocycles. The summed E-state index contributed by atoms with van der Waals surface area (Å²) >= 11 is 0. The zero-order valence-electron chi connectivity index (χ0n) is 45.6. The van der Waals surface area contributed by atoms with Crippen molar-refractivity contribution in [1.82, 2.24) is 0 Å². The second-order valence-corrected chi connectivity index (χ2v) is 21.9. The minimum absolute atomic E-state index is 0.562. The molecule has 0 saturated heterocycles. The lowest BCUT2D eigenvalue weighted by Gasteiger charge is -2.38. The molecule has 2 aliphatic carbocycles. The number of hydrogen-bond donors (Lipinski definition) is 0. The van der Waals surface area contributed by atoms with Crippen LogP contribution in [0.25, 0.3) is 21.5 Å². The van der Waals surface area contributed by atoms with Gasteiger partial charge in [-0.25, -0.2) is 0 Å². The number of benzene rings is 7. The Hall–Kier alpha value is -5.18. The van der Waals surface area contributed by atoms with E-state index in [1.807, 2.05) is 12.1 Å². The maximum Gasteiger partial charge on any atom is 0.127 e. The summed E-state index contributed by atoms with van der Waals surface area (Å²) < 4.78 is 12.2. The van der Waals surface area contributed by atoms with Crippen molar-refractivity contribution >= 4 is 21.5 Å². The van der Waals surface area contributed by atoms with Crippen LogP contribution in [0.15, 0.2) is 109 Å². The zero-order valence-corrected chi connectivity index (χ0v) is 45.6. The average molecular weight is 923 g/mol. The number of rotatable bonds is 6. The monoisotopic (exact) mass is 923 g/mol. The van der Waals surface area contributed by atoms with E-state index in [4.69, 9.17) is 9.47 Å². The number of hydrogen-bond acceptors (Lipinski definition) is 2. The summed E-state index contributed by atoms with van der Waals surface area (Å²) in [6, 6.07) is 39.6. The van der Waals surface area contributed by atoms with E-state index in [1.54, 1.807) is 0 Å². The molecular weight excluding hydrogens is 837 g/mol. The lowest BCUT2D eigenvalue weighted by atomic mass is 9.78. The first-order valence-corrected chi connectivity index (χ1v) is 26.2. The SMILES string of the molecule is CC1CCC(OC2CCC(C)C(C)C2)CC1C.Cc1cc2cc3cc(C)c(C)cc3cc2cc1C.Cc1ccc(Cc2ccc(C)c(C)c2)cc1C.Cc1ccc(Oc2ccc(C)c(C)c2)cc1C. The number of fused-ring (bicyclic) bond motifs is 2. The summed E-state index contributed by atoms with van der Waals surface area (Å²) in [5.41, 5.74) is 18.9. The van der Waals surface area contributed by atoms with Crippen LogP contribution in [0.4, 0.5) is 0 Å². The van der Waals surface area contributed by atoms with Crippen molar-refractivity contribution in [2.24, 2.45) is 23.7 Å². The zero-order chi connectivity index (χ0) is 50.1. The van der Waals surface area contributed by atoms with Crippen LogP contribution >= 0.6 is 0 Å². The van der Waals surface area contributed by atoms with E-state index in [1.165, 1.54) is 138 Å². The molecule has 2 heteroatoms. The Morgan fingerprint density at radius 2 is 0.623 bits per heavy atom. The molecule has 0 spiro atoms. The second kappa shape index (κ2) is 24.1. The molecule has 0 bridgehead atoms. The summed E-state index contributed by atoms with van der Waals surface area (Å²) in [6.45, 7) is 35.4. The molecule has 366 valence electrons. The van der Waals surface area contributed by atoms with E-state index < -0.39 is 0 Å². The molecule has 2 fully saturated rings. The highest BCUT2D eigenvalue weighted by Gasteiger charge is 2.30. The molecule has 0 aliphatic heterocycles. The van der Waals surface area contributed by atoms with Crippen LogP contribution in [0.2, 0.25) is 0 Å². The fourth-order valence-electron chi connectivity index (χ4n) is 9.83. The van der Waals surface area contributed by atoms with E-state index >= 15 is 0 Å². The molecule has 9 rings (SSSR count). The van der Waals surface area contributed by atoms with Crippen molar-refractivity contribution in [3.8, 4) is 11.5 Å². The van der Waals surface area contributed by atoms with Gasteiger partial charge in [0.2, 0.25) is 0 Å². The molecule has 2 aliphatic rings. The van der Waals surface area contributed by atoms with Crippen LogP contribution in [0.1, 0.15) is 144 Å². The Labute approximate surface area is 419 Å². The summed E-state index contributed by atoms with van der Waals surface area (Å²) in [4.78, 5) is 0. The topological polar surface area (TPSA) is 18.5 Å². The maximum atomic E-state index is 6.37. The quantitative estimate of drug-likeness (QED) is 0.155. The van der Waals surface area contributed by atoms with Gasteiger partial charge < -0.3 is 9.47 Å². The largest absolute Gasteiger partial charge is 0.457 e. The fraction of sp³-hybridized carbons (Fsp3) is 0.433. The van der Waals surface area contributed by atoms with Crippen molar-refractivity contribution in [3.05, 3.63) is 187 Å². The third-order valence-electron chi connectivity index (χ3n) is 16.2. The first-order chi connectivity index (χ1) is 32.7. The molecule has 69 heavy (non-hydrogen) atoms. The molecule has 0 N–H and O–H groups in total. The van der Waals surface area contributed by atoms with Gasteiger partial charge in [0.05, 0.1) is 12.2 Å². The van der Waals surface area contributed by atoms with E-state index in [0.29, 0.717) is 12.2 Å². The van der Waals surface area contributed by atoms with Gasteiger partial charge in [-0.1, -0.05) is 100 Å². The molecule has 7 aromatic carbocycles. The molecule has 6 atom stereocenters. The highest BCUT2D eigenvalue weighted by Crippen LogP contribution is 2.36. The Morgan fingerprint density at radius 3 is 0.928 bits per heavy atom. The predicted octanol–water partition coefficient (Wildman–Crippen LogP) is 19.1. The minimum Gasteiger partial charge on any atom is -0.457 e. The van der Waals surface area contributed by atoms with E-state index in [9.17, 15) is 0 Å². The van der Waals surface area contributed by atoms with E-state index in [2.05, 4.69) is 208 Å². The predicted molar refractivity (Wildman–Crippen MR) is 300 cm³/mol. The minimum atomic E-state index is 0.562. The van der Waals surface area contributed by atoms with Gasteiger partial charge in [0.15, 0.2) is 0 Å². The van der Waals surface area contributed by atoms with Gasteiger partial charge in [-0.05, 0) is 288 Å². The van der Waals surface area contributed by atoms with Crippen LogP contribution in [-0.4, -0.2) is 12.2 Å². The van der Waals surface area contributed by atoms with Gasteiger partial charge in [0.25, 0.3) is 0 Å². The van der Waals surface area contributed by atoms with Crippen LogP contribution in [-0.2, 0) is 11.2 Å². The van der Waals surface area contributed by atoms with E-state index in [-0.39, 0.29) is 0 Å². The van der Waals surface area contributed by atoms with Crippen LogP contribution in [0.5, 0.6) is 11.5 Å². The molecule has 0 aromatic heterocycles. The van der Waals surface area contributed by atoms with Gasteiger partial charge >= 0.3 is 0 Å². The smallest absolute Gasteiger partial charge is 0.127 e. The lowest BCUT2D eigenvalue weighted by Crippen LogP contribution is -2.34. The van der Waals surface area contributed by atoms with Crippen LogP contribution in [0, 0.1) is 107 Å². The highest BCUT2D eigenvalue weighted by atomic mass is 16.5. The highest BCUT2D eigenvalue weighted by molar-refractivity contribution is 5.99. The first kappa shape index (κ1) is 53.2. The standard InChI is InChI=1S/C18H18.C17H20.C16H30O.C16H18O/c1-11-5-15-9-17-7-13(3)14(4)8-18(17)10-16(15)6-12(11)2;1-12-5-7-16(9-14(12)3)11-17-8-6-13(2)15(4)10-17;2*1-11-5-7-15(9-13(11)3)17-16-8-6-12(2)14(4)10-16/h5-10H,1-4H3;5-10H,11H2,1-4H3;11-16H,5-10H2,1-4H3;5-10H,1-4H3. The van der Waals surface area contributed by atoms with Crippen molar-refractivity contribution in [1.29, 1.82) is 0 Å². The third kappa shape index (κ3) is 14.9. The number of aryl methyl sites for hydroxylation is 12. The van der Waals surface area contributed by atoms with Crippen LogP contribution in [0.3, 0.4) is 0 Å². The summed E-state index contributed by atoms with van der Waals surface area (Å²) in [5, 5.41) is 5.37. The third-order valence-corrected chi connectivity index (χ3v) is 16.2. The second-order valence-electron chi connectivity index (χ2n) is 21.9. The van der Waals surface area contributed by atoms with Gasteiger partial charge in [0.1, 0.15) is 11.5 Å². The Morgan fingerprint density at radius 1 is 0.319 bits per heavy atom. The summed E-state index contributed by atoms with van der Waals surface area (Å²) in [5.74, 6) is 5.32. The molecule has 0 radical (unpaired) electrons. The van der Waals surface area contributed by atoms with Crippen LogP contribution < -0.4 is 4.74 Å². The van der Waals surface area contributed by atoms with Gasteiger partial charge in [-0.3, -0.25) is 0 Å². The van der Waals surface area contributed by atoms with Crippen molar-refractivity contribution in [2.45, 2.75) is 168 Å². The van der Waals surface area contributed by atoms with Crippen molar-refractivity contribution in [2.75, 3.05) is 0 Å². The van der Waals surface area contributed by atoms with Gasteiger partial charge in [0, 0.05) is 0 Å². The fourth-order valence-corrected chi connectivity index (χ4v) is 9.83. The Bertz CT molecular complexity index is 2470. The Balaban J connectivity index is 0.000000151. The molecule has 0 amide bonds. The molecule has 7 aromatic rings. The molecule has 2 nitrogen and oxygen atoms in total. The Kier molecular flexibility index (Phi) is 18.6. The van der Waals surface area contributed by atoms with Crippen molar-refractivity contribution in [3.63, 3.8) is 0 Å². The van der Waals surface area contributed by atoms with Gasteiger partial charge in [-0.2, -0.15) is 0 Å². The van der Waals surface area contributed by atoms with E-state index in [0.717, 1.165) is 41.6 Å².